The number of phosphoric ester groups is 1. The highest BCUT2D eigenvalue weighted by atomic mass is 31.2. The number of nitrogens with one attached hydrogen (secondary N) is 1. The average molecular weight is 842 g/mol. The van der Waals surface area contributed by atoms with Crippen LogP contribution in [0.15, 0.2) is 36.5 Å². The largest absolute Gasteiger partial charge is 0.480 e. The number of rotatable bonds is 43. The minimum absolute atomic E-state index is 0.136. The number of carbonyl (C=O) groups excluding carboxylic acids is 2. The molecule has 0 saturated carbocycles. The van der Waals surface area contributed by atoms with Gasteiger partial charge in [0.05, 0.1) is 13.2 Å². The van der Waals surface area contributed by atoms with Crippen LogP contribution in [0.25, 0.3) is 0 Å². The molecule has 11 nitrogen and oxygen atoms in total. The number of aliphatic hydroxyl groups is 1. The van der Waals surface area contributed by atoms with Crippen LogP contribution in [0.4, 0.5) is 0 Å². The number of carboxylic acid groups (broad SMARTS) is 1. The Morgan fingerprint density at radius 3 is 1.45 bits per heavy atom. The fourth-order valence-corrected chi connectivity index (χ4v) is 7.05. The SMILES string of the molecule is CCCCC/C=C\C/C=C\CCCCCCCCCCCC(=O)OCC(O)COP(=O)(O)OCC(NC(=O)CCCCCCC/C=C\CCCCCCCC)C(=O)O. The molecule has 0 heterocycles. The van der Waals surface area contributed by atoms with E-state index < -0.39 is 57.6 Å². The van der Waals surface area contributed by atoms with Crippen molar-refractivity contribution in [1.29, 1.82) is 0 Å². The Hall–Kier alpha value is -2.30. The van der Waals surface area contributed by atoms with Crippen LogP contribution in [0.1, 0.15) is 206 Å². The molecule has 1 amide bonds. The summed E-state index contributed by atoms with van der Waals surface area (Å²) in [4.78, 5) is 45.9. The van der Waals surface area contributed by atoms with E-state index in [0.29, 0.717) is 12.8 Å². The van der Waals surface area contributed by atoms with Gasteiger partial charge >= 0.3 is 19.8 Å². The van der Waals surface area contributed by atoms with Crippen LogP contribution in [-0.4, -0.2) is 64.9 Å². The van der Waals surface area contributed by atoms with Crippen LogP contribution >= 0.6 is 7.82 Å². The Kier molecular flexibility index (Phi) is 39.8. The summed E-state index contributed by atoms with van der Waals surface area (Å²) in [6, 6.07) is -1.55. The van der Waals surface area contributed by atoms with Gasteiger partial charge in [-0.1, -0.05) is 159 Å². The summed E-state index contributed by atoms with van der Waals surface area (Å²) in [5, 5.41) is 21.8. The highest BCUT2D eigenvalue weighted by molar-refractivity contribution is 7.47. The van der Waals surface area contributed by atoms with Crippen molar-refractivity contribution >= 4 is 25.7 Å². The minimum atomic E-state index is -4.76. The number of hydrogen-bond donors (Lipinski definition) is 4. The van der Waals surface area contributed by atoms with E-state index in [1.807, 2.05) is 0 Å². The molecule has 0 saturated heterocycles. The summed E-state index contributed by atoms with van der Waals surface area (Å²) in [5.41, 5.74) is 0. The van der Waals surface area contributed by atoms with E-state index >= 15 is 0 Å². The van der Waals surface area contributed by atoms with Gasteiger partial charge in [-0.15, -0.1) is 0 Å². The van der Waals surface area contributed by atoms with Gasteiger partial charge < -0.3 is 25.2 Å². The van der Waals surface area contributed by atoms with Crippen molar-refractivity contribution in [2.24, 2.45) is 0 Å². The zero-order valence-corrected chi connectivity index (χ0v) is 37.5. The van der Waals surface area contributed by atoms with E-state index in [4.69, 9.17) is 13.8 Å². The van der Waals surface area contributed by atoms with Crippen molar-refractivity contribution in [3.63, 3.8) is 0 Å². The summed E-state index contributed by atoms with van der Waals surface area (Å²) in [5.74, 6) is -2.38. The number of ether oxygens (including phenoxy) is 1. The first-order chi connectivity index (χ1) is 28.1. The Bertz CT molecular complexity index is 1130. The van der Waals surface area contributed by atoms with E-state index in [9.17, 15) is 34.1 Å². The fourth-order valence-electron chi connectivity index (χ4n) is 6.28. The van der Waals surface area contributed by atoms with E-state index in [0.717, 1.165) is 70.6 Å². The molecule has 4 N–H and O–H groups in total. The van der Waals surface area contributed by atoms with Gasteiger partial charge in [-0.05, 0) is 70.6 Å². The molecule has 0 aliphatic rings. The highest BCUT2D eigenvalue weighted by Crippen LogP contribution is 2.43. The first kappa shape index (κ1) is 55.7. The van der Waals surface area contributed by atoms with Crippen molar-refractivity contribution in [2.45, 2.75) is 219 Å². The number of amides is 1. The number of aliphatic hydroxyl groups excluding tert-OH is 1. The van der Waals surface area contributed by atoms with Crippen molar-refractivity contribution < 1.29 is 47.8 Å². The molecule has 3 atom stereocenters. The fraction of sp³-hybridized carbons (Fsp3) is 0.804. The predicted molar refractivity (Wildman–Crippen MR) is 236 cm³/mol. The van der Waals surface area contributed by atoms with E-state index in [1.165, 1.54) is 96.3 Å². The summed E-state index contributed by atoms with van der Waals surface area (Å²) in [7, 11) is -4.76. The summed E-state index contributed by atoms with van der Waals surface area (Å²) in [6.45, 7) is 2.56. The zero-order valence-electron chi connectivity index (χ0n) is 36.6. The van der Waals surface area contributed by atoms with Gasteiger partial charge in [-0.2, -0.15) is 0 Å². The van der Waals surface area contributed by atoms with Crippen molar-refractivity contribution in [3.8, 4) is 0 Å². The number of aliphatic carboxylic acids is 1. The molecule has 0 aromatic heterocycles. The minimum Gasteiger partial charge on any atom is -0.480 e. The highest BCUT2D eigenvalue weighted by Gasteiger charge is 2.28. The van der Waals surface area contributed by atoms with Crippen LogP contribution in [0, 0.1) is 0 Å². The van der Waals surface area contributed by atoms with Gasteiger partial charge in [0.2, 0.25) is 5.91 Å². The average Bonchev–Trinajstić information content (AvgIpc) is 3.20. The molecule has 338 valence electrons. The smallest absolute Gasteiger partial charge is 0.472 e. The number of unbranched alkanes of at least 4 members (excludes halogenated alkanes) is 23. The molecule has 0 fully saturated rings. The number of allylic oxidation sites excluding steroid dienone is 6. The maximum Gasteiger partial charge on any atom is 0.472 e. The normalized spacial score (nSPS) is 14.0. The van der Waals surface area contributed by atoms with Crippen molar-refractivity contribution in [3.05, 3.63) is 36.5 Å². The van der Waals surface area contributed by atoms with Gasteiger partial charge in [-0.3, -0.25) is 18.6 Å². The van der Waals surface area contributed by atoms with E-state index in [2.05, 4.69) is 55.6 Å². The molecule has 0 spiro atoms. The number of phosphoric acid groups is 1. The molecule has 0 bridgehead atoms. The quantitative estimate of drug-likeness (QED) is 0.0201. The van der Waals surface area contributed by atoms with Crippen LogP contribution in [0.2, 0.25) is 0 Å². The Labute approximate surface area is 352 Å². The third kappa shape index (κ3) is 40.5. The van der Waals surface area contributed by atoms with Crippen molar-refractivity contribution in [1.82, 2.24) is 5.32 Å². The van der Waals surface area contributed by atoms with E-state index in [1.54, 1.807) is 0 Å². The summed E-state index contributed by atoms with van der Waals surface area (Å²) >= 11 is 0. The number of carbonyl (C=O) groups is 3. The van der Waals surface area contributed by atoms with Gasteiger partial charge in [0.1, 0.15) is 12.7 Å². The maximum absolute atomic E-state index is 12.3. The molecular formula is C46H84NO10P. The lowest BCUT2D eigenvalue weighted by molar-refractivity contribution is -0.147. The summed E-state index contributed by atoms with van der Waals surface area (Å²) in [6.07, 6.45) is 44.5. The number of hydrogen-bond acceptors (Lipinski definition) is 8. The number of carboxylic acids is 1. The molecule has 0 rings (SSSR count). The molecule has 0 aromatic carbocycles. The lowest BCUT2D eigenvalue weighted by atomic mass is 10.1. The third-order valence-electron chi connectivity index (χ3n) is 9.90. The Morgan fingerprint density at radius 2 is 0.948 bits per heavy atom. The zero-order chi connectivity index (χ0) is 42.8. The molecule has 0 radical (unpaired) electrons. The Balaban J connectivity index is 3.88. The maximum atomic E-state index is 12.3. The topological polar surface area (TPSA) is 169 Å². The molecule has 0 aliphatic carbocycles. The Morgan fingerprint density at radius 1 is 0.552 bits per heavy atom. The molecule has 0 aromatic rings. The lowest BCUT2D eigenvalue weighted by Crippen LogP contribution is -2.43. The third-order valence-corrected chi connectivity index (χ3v) is 10.9. The van der Waals surface area contributed by atoms with Crippen LogP contribution in [0.3, 0.4) is 0 Å². The lowest BCUT2D eigenvalue weighted by Gasteiger charge is -2.18. The van der Waals surface area contributed by atoms with Gasteiger partial charge in [0.25, 0.3) is 0 Å². The second-order valence-corrected chi connectivity index (χ2v) is 17.0. The first-order valence-corrected chi connectivity index (χ1v) is 24.5. The van der Waals surface area contributed by atoms with Gasteiger partial charge in [-0.25, -0.2) is 9.36 Å². The monoisotopic (exact) mass is 842 g/mol. The first-order valence-electron chi connectivity index (χ1n) is 23.0. The predicted octanol–water partition coefficient (Wildman–Crippen LogP) is 12.0. The van der Waals surface area contributed by atoms with E-state index in [-0.39, 0.29) is 12.8 Å². The van der Waals surface area contributed by atoms with Crippen molar-refractivity contribution in [2.75, 3.05) is 19.8 Å². The standard InChI is InChI=1S/C46H84NO10P/c1-3-5-7-9-11-13-15-17-19-20-21-22-24-26-28-30-32-34-36-38-45(50)55-39-42(48)40-56-58(53,54)57-41-43(46(51)52)47-44(49)37-35-33-31-29-27-25-23-18-16-14-12-10-8-6-4-2/h11,13,17-19,23,42-43,48H,3-10,12,14-16,20-22,24-41H2,1-2H3,(H,47,49)(H,51,52)(H,53,54)/b13-11-,19-17-,23-18-. The van der Waals surface area contributed by atoms with Gasteiger partial charge in [0.15, 0.2) is 6.04 Å². The van der Waals surface area contributed by atoms with Crippen LogP contribution in [-0.2, 0) is 32.7 Å². The molecular weight excluding hydrogens is 757 g/mol. The second-order valence-electron chi connectivity index (χ2n) is 15.6. The second kappa shape index (κ2) is 41.4. The molecule has 0 aliphatic heterocycles. The van der Waals surface area contributed by atoms with Crippen LogP contribution in [0.5, 0.6) is 0 Å². The molecule has 3 unspecified atom stereocenters. The van der Waals surface area contributed by atoms with Gasteiger partial charge in [0, 0.05) is 12.8 Å². The molecule has 58 heavy (non-hydrogen) atoms. The summed E-state index contributed by atoms with van der Waals surface area (Å²) < 4.78 is 26.9. The number of esters is 1. The van der Waals surface area contributed by atoms with Crippen LogP contribution < -0.4 is 5.32 Å². The molecule has 12 heteroatoms.